The first-order chi connectivity index (χ1) is 14.5. The Hall–Kier alpha value is -3.19. The summed E-state index contributed by atoms with van der Waals surface area (Å²) in [4.78, 5) is 33.2. The number of hydrogen-bond acceptors (Lipinski definition) is 6. The van der Waals surface area contributed by atoms with Crippen molar-refractivity contribution < 1.29 is 9.21 Å². The first-order valence-electron chi connectivity index (χ1n) is 10.1. The summed E-state index contributed by atoms with van der Waals surface area (Å²) in [5, 5.41) is 3.39. The van der Waals surface area contributed by atoms with E-state index in [0.29, 0.717) is 29.6 Å². The van der Waals surface area contributed by atoms with E-state index in [1.807, 2.05) is 49.3 Å². The fourth-order valence-electron chi connectivity index (χ4n) is 3.26. The lowest BCUT2D eigenvalue weighted by atomic mass is 10.1. The highest BCUT2D eigenvalue weighted by atomic mass is 16.4. The highest BCUT2D eigenvalue weighted by molar-refractivity contribution is 6.02. The molecule has 2 aromatic carbocycles. The summed E-state index contributed by atoms with van der Waals surface area (Å²) in [6, 6.07) is 15.5. The Morgan fingerprint density at radius 1 is 1.07 bits per heavy atom. The molecule has 1 heterocycles. The van der Waals surface area contributed by atoms with Crippen LogP contribution in [0, 0.1) is 0 Å². The second kappa shape index (κ2) is 10.0. The van der Waals surface area contributed by atoms with Gasteiger partial charge in [-0.1, -0.05) is 36.4 Å². The minimum atomic E-state index is -0.509. The molecule has 30 heavy (non-hydrogen) atoms. The molecule has 0 aliphatic heterocycles. The van der Waals surface area contributed by atoms with Crippen molar-refractivity contribution in [1.29, 1.82) is 0 Å². The maximum absolute atomic E-state index is 12.7. The summed E-state index contributed by atoms with van der Waals surface area (Å²) in [6.07, 6.45) is 1.95. The normalized spacial score (nSPS) is 11.1. The van der Waals surface area contributed by atoms with Crippen molar-refractivity contribution in [3.05, 3.63) is 64.5 Å². The molecule has 0 saturated carbocycles. The topological polar surface area (TPSA) is 78.7 Å². The lowest BCUT2D eigenvalue weighted by Crippen LogP contribution is -2.28. The average molecular weight is 409 g/mol. The van der Waals surface area contributed by atoms with Gasteiger partial charge in [0.05, 0.1) is 11.2 Å². The molecule has 0 unspecified atom stereocenters. The van der Waals surface area contributed by atoms with E-state index in [4.69, 9.17) is 4.42 Å². The van der Waals surface area contributed by atoms with E-state index in [1.165, 1.54) is 10.5 Å². The van der Waals surface area contributed by atoms with Gasteiger partial charge < -0.3 is 19.5 Å². The number of amides is 1. The Kier molecular flexibility index (Phi) is 7.19. The monoisotopic (exact) mass is 408 g/mol. The predicted molar refractivity (Wildman–Crippen MR) is 120 cm³/mol. The molecular weight excluding hydrogens is 380 g/mol. The number of benzene rings is 2. The quantitative estimate of drug-likeness (QED) is 0.586. The van der Waals surface area contributed by atoms with E-state index >= 15 is 0 Å². The zero-order valence-electron chi connectivity index (χ0n) is 17.7. The molecule has 0 saturated heterocycles. The number of nitrogens with one attached hydrogen (secondary N) is 1. The van der Waals surface area contributed by atoms with Crippen LogP contribution in [0.25, 0.3) is 10.9 Å². The molecule has 0 aliphatic carbocycles. The number of nitrogens with zero attached hydrogens (tertiary/aromatic N) is 3. The lowest BCUT2D eigenvalue weighted by Gasteiger charge is -2.19. The zero-order chi connectivity index (χ0) is 21.5. The standard InChI is InChI=1S/C23H28N4O3/c1-26(2)16-8-13-20(28)27(3)19-12-7-11-18-21(19)22(29)30-23(25-18)24-15-14-17-9-5-4-6-10-17/h4-7,9-12H,8,13-16H2,1-3H3,(H,24,25). The fourth-order valence-corrected chi connectivity index (χ4v) is 3.26. The molecule has 7 nitrogen and oxygen atoms in total. The third kappa shape index (κ3) is 5.45. The van der Waals surface area contributed by atoms with Crippen LogP contribution in [-0.4, -0.2) is 50.0 Å². The van der Waals surface area contributed by atoms with Gasteiger partial charge in [-0.2, -0.15) is 4.98 Å². The largest absolute Gasteiger partial charge is 0.389 e. The maximum Gasteiger partial charge on any atom is 0.350 e. The fraction of sp³-hybridized carbons (Fsp3) is 0.348. The van der Waals surface area contributed by atoms with E-state index in [-0.39, 0.29) is 11.9 Å². The molecule has 0 spiro atoms. The Morgan fingerprint density at radius 2 is 1.83 bits per heavy atom. The first-order valence-corrected chi connectivity index (χ1v) is 10.1. The average Bonchev–Trinajstić information content (AvgIpc) is 2.73. The molecule has 1 N–H and O–H groups in total. The van der Waals surface area contributed by atoms with Gasteiger partial charge in [-0.15, -0.1) is 0 Å². The highest BCUT2D eigenvalue weighted by Gasteiger charge is 2.17. The van der Waals surface area contributed by atoms with Crippen molar-refractivity contribution in [2.75, 3.05) is 44.4 Å². The summed E-state index contributed by atoms with van der Waals surface area (Å²) < 4.78 is 5.39. The van der Waals surface area contributed by atoms with Crippen LogP contribution in [0.15, 0.2) is 57.7 Å². The molecule has 0 fully saturated rings. The summed E-state index contributed by atoms with van der Waals surface area (Å²) in [5.41, 5.74) is 1.69. The van der Waals surface area contributed by atoms with Gasteiger partial charge in [0.1, 0.15) is 5.39 Å². The van der Waals surface area contributed by atoms with Crippen molar-refractivity contribution in [2.45, 2.75) is 19.3 Å². The SMILES string of the molecule is CN(C)CCCC(=O)N(C)c1cccc2nc(NCCc3ccccc3)oc(=O)c12. The van der Waals surface area contributed by atoms with Gasteiger partial charge in [0, 0.05) is 20.0 Å². The molecule has 0 radical (unpaired) electrons. The van der Waals surface area contributed by atoms with Gasteiger partial charge >= 0.3 is 5.63 Å². The highest BCUT2D eigenvalue weighted by Crippen LogP contribution is 2.24. The van der Waals surface area contributed by atoms with Crippen LogP contribution in [0.2, 0.25) is 0 Å². The molecule has 1 amide bonds. The number of fused-ring (bicyclic) bond motifs is 1. The Balaban J connectivity index is 1.74. The number of anilines is 2. The molecule has 0 aliphatic rings. The predicted octanol–water partition coefficient (Wildman–Crippen LogP) is 3.15. The van der Waals surface area contributed by atoms with Gasteiger partial charge in [-0.25, -0.2) is 4.79 Å². The van der Waals surface area contributed by atoms with Gasteiger partial charge in [-0.3, -0.25) is 4.79 Å². The Morgan fingerprint density at radius 3 is 2.57 bits per heavy atom. The smallest absolute Gasteiger partial charge is 0.350 e. The third-order valence-corrected chi connectivity index (χ3v) is 4.90. The number of carbonyl (C=O) groups is 1. The molecule has 3 rings (SSSR count). The number of rotatable bonds is 9. The van der Waals surface area contributed by atoms with Crippen LogP contribution in [0.3, 0.4) is 0 Å². The van der Waals surface area contributed by atoms with Crippen molar-refractivity contribution >= 4 is 28.5 Å². The molecular formula is C23H28N4O3. The molecule has 7 heteroatoms. The number of carbonyl (C=O) groups excluding carboxylic acids is 1. The van der Waals surface area contributed by atoms with E-state index < -0.39 is 5.63 Å². The van der Waals surface area contributed by atoms with Gasteiger partial charge in [-0.05, 0) is 51.2 Å². The lowest BCUT2D eigenvalue weighted by molar-refractivity contribution is -0.118. The molecule has 158 valence electrons. The molecule has 1 aromatic heterocycles. The van der Waals surface area contributed by atoms with Gasteiger partial charge in [0.15, 0.2) is 0 Å². The second-order valence-corrected chi connectivity index (χ2v) is 7.50. The second-order valence-electron chi connectivity index (χ2n) is 7.50. The maximum atomic E-state index is 12.7. The van der Waals surface area contributed by atoms with E-state index in [1.54, 1.807) is 25.2 Å². The summed E-state index contributed by atoms with van der Waals surface area (Å²) in [6.45, 7) is 1.42. The van der Waals surface area contributed by atoms with Gasteiger partial charge in [0.2, 0.25) is 5.91 Å². The van der Waals surface area contributed by atoms with Crippen molar-refractivity contribution in [3.8, 4) is 0 Å². The van der Waals surface area contributed by atoms with Crippen LogP contribution < -0.4 is 15.8 Å². The van der Waals surface area contributed by atoms with Crippen LogP contribution >= 0.6 is 0 Å². The van der Waals surface area contributed by atoms with Crippen molar-refractivity contribution in [1.82, 2.24) is 9.88 Å². The van der Waals surface area contributed by atoms with Gasteiger partial charge in [0.25, 0.3) is 6.01 Å². The zero-order valence-corrected chi connectivity index (χ0v) is 17.7. The molecule has 0 atom stereocenters. The van der Waals surface area contributed by atoms with Crippen LogP contribution in [-0.2, 0) is 11.2 Å². The number of aromatic nitrogens is 1. The van der Waals surface area contributed by atoms with Crippen LogP contribution in [0.4, 0.5) is 11.7 Å². The summed E-state index contributed by atoms with van der Waals surface area (Å²) >= 11 is 0. The van der Waals surface area contributed by atoms with E-state index in [2.05, 4.69) is 10.3 Å². The summed E-state index contributed by atoms with van der Waals surface area (Å²) in [5.74, 6) is -0.0474. The van der Waals surface area contributed by atoms with E-state index in [9.17, 15) is 9.59 Å². The molecule has 3 aromatic rings. The minimum absolute atomic E-state index is 0.0474. The van der Waals surface area contributed by atoms with Crippen molar-refractivity contribution in [2.24, 2.45) is 0 Å². The number of hydrogen-bond donors (Lipinski definition) is 1. The minimum Gasteiger partial charge on any atom is -0.389 e. The van der Waals surface area contributed by atoms with E-state index in [0.717, 1.165) is 19.4 Å². The third-order valence-electron chi connectivity index (χ3n) is 4.90. The molecule has 0 bridgehead atoms. The van der Waals surface area contributed by atoms with Crippen molar-refractivity contribution in [3.63, 3.8) is 0 Å². The Labute approximate surface area is 176 Å². The Bertz CT molecular complexity index is 1050. The van der Waals surface area contributed by atoms with Crippen LogP contribution in [0.5, 0.6) is 0 Å². The van der Waals surface area contributed by atoms with Crippen LogP contribution in [0.1, 0.15) is 18.4 Å². The first kappa shape index (κ1) is 21.5. The summed E-state index contributed by atoms with van der Waals surface area (Å²) in [7, 11) is 5.63.